The van der Waals surface area contributed by atoms with Gasteiger partial charge in [-0.2, -0.15) is 13.5 Å². The monoisotopic (exact) mass is 467 g/mol. The van der Waals surface area contributed by atoms with Gasteiger partial charge in [0.25, 0.3) is 10.1 Å². The molecule has 3 aromatic carbocycles. The summed E-state index contributed by atoms with van der Waals surface area (Å²) in [5.74, 6) is -1.65. The summed E-state index contributed by atoms with van der Waals surface area (Å²) < 4.78 is 36.5. The lowest BCUT2D eigenvalue weighted by Gasteiger charge is -2.12. The molecule has 0 aliphatic rings. The number of phenolic OH excluding ortho intramolecular Hbond substituents is 1. The number of azo groups is 1. The lowest BCUT2D eigenvalue weighted by molar-refractivity contribution is -0.432. The van der Waals surface area contributed by atoms with Crippen LogP contribution < -0.4 is 5.73 Å². The fourth-order valence-electron chi connectivity index (χ4n) is 2.64. The number of aromatic hydroxyl groups is 1. The minimum absolute atomic E-state index is 0.0215. The van der Waals surface area contributed by atoms with Gasteiger partial charge in [0.2, 0.25) is 0 Å². The van der Waals surface area contributed by atoms with Gasteiger partial charge in [-0.05, 0) is 41.8 Å². The second-order valence-corrected chi connectivity index (χ2v) is 8.09. The molecule has 0 unspecified atom stereocenters. The van der Waals surface area contributed by atoms with Crippen molar-refractivity contribution in [2.45, 2.75) is 9.79 Å². The number of phenols is 1. The summed E-state index contributed by atoms with van der Waals surface area (Å²) in [4.78, 5) is 10.5. The van der Waals surface area contributed by atoms with Crippen molar-refractivity contribution in [3.05, 3.63) is 48.0 Å². The molecule has 0 heterocycles. The summed E-state index contributed by atoms with van der Waals surface area (Å²) in [7, 11) is -4.61. The number of nitrogens with two attached hydrogens (primary N) is 1. The predicted octanol–water partition coefficient (Wildman–Crippen LogP) is 3.92. The molecule has 0 saturated heterocycles. The van der Waals surface area contributed by atoms with Crippen LogP contribution in [0.15, 0.2) is 62.5 Å². The topological polar surface area (TPSA) is 201 Å². The van der Waals surface area contributed by atoms with E-state index in [4.69, 9.17) is 16.1 Å². The van der Waals surface area contributed by atoms with Crippen molar-refractivity contribution in [3.63, 3.8) is 0 Å². The number of carboxylic acid groups (broad SMARTS) is 1. The van der Waals surface area contributed by atoms with Gasteiger partial charge in [0.15, 0.2) is 0 Å². The Morgan fingerprint density at radius 2 is 1.77 bits per heavy atom. The highest BCUT2D eigenvalue weighted by atomic mass is 32.2. The first-order chi connectivity index (χ1) is 14.6. The molecule has 0 aliphatic heterocycles. The van der Waals surface area contributed by atoms with Crippen LogP contribution in [-0.4, -0.2) is 34.4 Å². The number of aromatic carboxylic acids is 1. The third kappa shape index (κ3) is 4.91. The molecule has 0 fully saturated rings. The summed E-state index contributed by atoms with van der Waals surface area (Å²) in [5.41, 5.74) is 6.30. The Bertz CT molecular complexity index is 1290. The Kier molecular flexibility index (Phi) is 6.40. The molecular formula is C17H13N3O9S2. The number of nitrogen functional groups attached to an aromatic ring is 1. The van der Waals surface area contributed by atoms with E-state index in [-0.39, 0.29) is 38.3 Å². The van der Waals surface area contributed by atoms with Crippen LogP contribution in [0.1, 0.15) is 10.4 Å². The van der Waals surface area contributed by atoms with E-state index in [2.05, 4.69) is 19.6 Å². The van der Waals surface area contributed by atoms with Crippen molar-refractivity contribution in [2.75, 3.05) is 5.73 Å². The van der Waals surface area contributed by atoms with E-state index in [9.17, 15) is 22.9 Å². The number of hydrogen-bond donors (Lipinski definition) is 5. The van der Waals surface area contributed by atoms with Crippen LogP contribution >= 0.6 is 12.0 Å². The molecule has 0 aromatic heterocycles. The molecule has 0 atom stereocenters. The maximum Gasteiger partial charge on any atom is 0.335 e. The van der Waals surface area contributed by atoms with Crippen molar-refractivity contribution in [1.82, 2.24) is 0 Å². The summed E-state index contributed by atoms with van der Waals surface area (Å²) >= 11 is 0.459. The van der Waals surface area contributed by atoms with Gasteiger partial charge in [-0.3, -0.25) is 4.55 Å². The first kappa shape index (κ1) is 22.4. The maximum absolute atomic E-state index is 11.4. The Balaban J connectivity index is 2.15. The zero-order valence-electron chi connectivity index (χ0n) is 15.2. The average molecular weight is 467 g/mol. The quantitative estimate of drug-likeness (QED) is 0.0841. The predicted molar refractivity (Wildman–Crippen MR) is 108 cm³/mol. The number of nitrogens with zero attached hydrogens (tertiary/aromatic N) is 2. The number of hydrogen-bond acceptors (Lipinski definition) is 11. The van der Waals surface area contributed by atoms with E-state index in [1.54, 1.807) is 0 Å². The van der Waals surface area contributed by atoms with Gasteiger partial charge in [-0.25, -0.2) is 10.1 Å². The maximum atomic E-state index is 11.4. The fourth-order valence-corrected chi connectivity index (χ4v) is 3.68. The van der Waals surface area contributed by atoms with Crippen LogP contribution in [0.4, 0.5) is 17.1 Å². The molecular weight excluding hydrogens is 454 g/mol. The third-order valence-electron chi connectivity index (χ3n) is 4.00. The van der Waals surface area contributed by atoms with Crippen molar-refractivity contribution in [3.8, 4) is 5.75 Å². The first-order valence-electron chi connectivity index (χ1n) is 8.08. The van der Waals surface area contributed by atoms with Crippen LogP contribution in [-0.2, 0) is 19.5 Å². The van der Waals surface area contributed by atoms with Crippen molar-refractivity contribution < 1.29 is 42.6 Å². The van der Waals surface area contributed by atoms with Crippen LogP contribution in [0.3, 0.4) is 0 Å². The van der Waals surface area contributed by atoms with E-state index < -0.39 is 26.7 Å². The lowest BCUT2D eigenvalue weighted by atomic mass is 10.1. The Morgan fingerprint density at radius 3 is 2.35 bits per heavy atom. The molecule has 162 valence electrons. The molecule has 12 nitrogen and oxygen atoms in total. The van der Waals surface area contributed by atoms with Gasteiger partial charge >= 0.3 is 5.97 Å². The summed E-state index contributed by atoms with van der Waals surface area (Å²) in [5, 5.41) is 39.3. The van der Waals surface area contributed by atoms with E-state index in [1.165, 1.54) is 30.3 Å². The largest absolute Gasteiger partial charge is 0.507 e. The first-order valence-corrected chi connectivity index (χ1v) is 10.3. The SMILES string of the molecule is Nc1c(N=Nc2ccc(C(=O)O)cc2)c(SOOO)cc2cc(S(=O)(=O)O)cc(O)c12. The normalized spacial score (nSPS) is 11.9. The molecule has 0 aliphatic carbocycles. The zero-order chi connectivity index (χ0) is 22.8. The fraction of sp³-hybridized carbons (Fsp3) is 0. The Labute approximate surface area is 178 Å². The highest BCUT2D eigenvalue weighted by Gasteiger charge is 2.20. The summed E-state index contributed by atoms with van der Waals surface area (Å²) in [6.45, 7) is 0. The Hall–Kier alpha value is -3.27. The van der Waals surface area contributed by atoms with E-state index >= 15 is 0 Å². The van der Waals surface area contributed by atoms with Gasteiger partial charge in [0.05, 0.1) is 38.8 Å². The van der Waals surface area contributed by atoms with Crippen molar-refractivity contribution >= 4 is 56.0 Å². The summed E-state index contributed by atoms with van der Waals surface area (Å²) in [6.07, 6.45) is 0. The standard InChI is InChI=1S/C17H13N3O9S2/c18-15-14-9(5-11(7-12(14)21)31(25,26)27)6-13(30-29-28-24)16(15)20-19-10-3-1-8(2-4-10)17(22)23/h1-7,21,24H,18H2,(H,22,23)(H,25,26,27). The number of fused-ring (bicyclic) bond motifs is 1. The minimum atomic E-state index is -4.61. The van der Waals surface area contributed by atoms with Crippen LogP contribution in [0.5, 0.6) is 5.75 Å². The zero-order valence-corrected chi connectivity index (χ0v) is 16.8. The van der Waals surface area contributed by atoms with E-state index in [1.807, 2.05) is 0 Å². The molecule has 31 heavy (non-hydrogen) atoms. The third-order valence-corrected chi connectivity index (χ3v) is 5.45. The van der Waals surface area contributed by atoms with Gasteiger partial charge in [0.1, 0.15) is 11.4 Å². The van der Waals surface area contributed by atoms with Crippen molar-refractivity contribution in [1.29, 1.82) is 0 Å². The molecule has 0 amide bonds. The Morgan fingerprint density at radius 1 is 1.10 bits per heavy atom. The second-order valence-electron chi connectivity index (χ2n) is 5.93. The molecule has 0 saturated carbocycles. The molecule has 0 radical (unpaired) electrons. The van der Waals surface area contributed by atoms with Gasteiger partial charge < -0.3 is 15.9 Å². The molecule has 0 spiro atoms. The smallest absolute Gasteiger partial charge is 0.335 e. The molecule has 6 N–H and O–H groups in total. The van der Waals surface area contributed by atoms with Crippen LogP contribution in [0, 0.1) is 0 Å². The van der Waals surface area contributed by atoms with Crippen molar-refractivity contribution in [2.24, 2.45) is 10.2 Å². The average Bonchev–Trinajstić information content (AvgIpc) is 2.70. The highest BCUT2D eigenvalue weighted by Crippen LogP contribution is 2.45. The number of anilines is 1. The molecule has 0 bridgehead atoms. The van der Waals surface area contributed by atoms with Crippen LogP contribution in [0.25, 0.3) is 10.8 Å². The number of carbonyl (C=O) groups is 1. The number of benzene rings is 3. The minimum Gasteiger partial charge on any atom is -0.507 e. The van der Waals surface area contributed by atoms with Gasteiger partial charge in [0, 0.05) is 11.5 Å². The van der Waals surface area contributed by atoms with E-state index in [0.29, 0.717) is 12.0 Å². The summed E-state index contributed by atoms with van der Waals surface area (Å²) in [6, 6.07) is 8.64. The second kappa shape index (κ2) is 8.84. The number of rotatable bonds is 7. The van der Waals surface area contributed by atoms with Crippen LogP contribution in [0.2, 0.25) is 0 Å². The highest BCUT2D eigenvalue weighted by molar-refractivity contribution is 7.94. The number of carboxylic acids is 1. The molecule has 3 aromatic rings. The van der Waals surface area contributed by atoms with Gasteiger partial charge in [-0.15, -0.1) is 9.45 Å². The van der Waals surface area contributed by atoms with Gasteiger partial charge in [-0.1, -0.05) is 5.04 Å². The van der Waals surface area contributed by atoms with E-state index in [0.717, 1.165) is 12.1 Å². The molecule has 14 heteroatoms. The lowest BCUT2D eigenvalue weighted by Crippen LogP contribution is -1.99. The molecule has 3 rings (SSSR count).